The molecule has 0 saturated carbocycles. The minimum Gasteiger partial charge on any atom is -0.275 e. The molecule has 0 heterocycles. The van der Waals surface area contributed by atoms with Gasteiger partial charge in [-0.2, -0.15) is 0 Å². The van der Waals surface area contributed by atoms with Crippen LogP contribution in [0.4, 0.5) is 0 Å². The largest absolute Gasteiger partial charge is 0.275 e. The summed E-state index contributed by atoms with van der Waals surface area (Å²) in [6.07, 6.45) is 7.38. The molecule has 0 aliphatic heterocycles. The molecule has 3 nitrogen and oxygen atoms in total. The lowest BCUT2D eigenvalue weighted by Gasteiger charge is -2.16. The van der Waals surface area contributed by atoms with E-state index in [9.17, 15) is 4.79 Å². The molecule has 0 spiro atoms. The Kier molecular flexibility index (Phi) is 3.96. The molecule has 1 aliphatic carbocycles. The Hall–Kier alpha value is -0.830. The first kappa shape index (κ1) is 10.3. The third kappa shape index (κ3) is 3.19. The van der Waals surface area contributed by atoms with Gasteiger partial charge >= 0.3 is 0 Å². The van der Waals surface area contributed by atoms with Crippen molar-refractivity contribution < 1.29 is 9.63 Å². The Balaban J connectivity index is 2.39. The maximum Gasteiger partial charge on any atom is 0.249 e. The highest BCUT2D eigenvalue weighted by Crippen LogP contribution is 2.20. The Morgan fingerprint density at radius 1 is 1.62 bits per heavy atom. The molecule has 0 unspecified atom stereocenters. The van der Waals surface area contributed by atoms with E-state index < -0.39 is 0 Å². The number of hydrogen-bond donors (Lipinski definition) is 0. The van der Waals surface area contributed by atoms with Gasteiger partial charge in [-0.3, -0.25) is 9.63 Å². The van der Waals surface area contributed by atoms with Gasteiger partial charge in [0.1, 0.15) is 0 Å². The van der Waals surface area contributed by atoms with Gasteiger partial charge in [0.15, 0.2) is 0 Å². The average molecular weight is 183 g/mol. The number of hydroxylamine groups is 2. The summed E-state index contributed by atoms with van der Waals surface area (Å²) in [7, 11) is 3.15. The van der Waals surface area contributed by atoms with Crippen LogP contribution in [0.25, 0.3) is 0 Å². The van der Waals surface area contributed by atoms with Crippen molar-refractivity contribution in [1.82, 2.24) is 5.06 Å². The fourth-order valence-electron chi connectivity index (χ4n) is 1.47. The van der Waals surface area contributed by atoms with Crippen LogP contribution >= 0.6 is 0 Å². The van der Waals surface area contributed by atoms with E-state index in [1.807, 2.05) is 0 Å². The van der Waals surface area contributed by atoms with E-state index in [-0.39, 0.29) is 5.91 Å². The van der Waals surface area contributed by atoms with E-state index in [2.05, 4.69) is 6.08 Å². The summed E-state index contributed by atoms with van der Waals surface area (Å²) in [4.78, 5) is 16.2. The lowest BCUT2D eigenvalue weighted by molar-refractivity contribution is -0.167. The summed E-state index contributed by atoms with van der Waals surface area (Å²) >= 11 is 0. The Bertz CT molecular complexity index is 211. The highest BCUT2D eigenvalue weighted by atomic mass is 16.7. The quantitative estimate of drug-likeness (QED) is 0.494. The zero-order valence-corrected chi connectivity index (χ0v) is 8.38. The van der Waals surface area contributed by atoms with Crippen molar-refractivity contribution in [3.63, 3.8) is 0 Å². The Labute approximate surface area is 79.3 Å². The van der Waals surface area contributed by atoms with Gasteiger partial charge < -0.3 is 0 Å². The van der Waals surface area contributed by atoms with Crippen molar-refractivity contribution in [2.75, 3.05) is 14.2 Å². The normalized spacial score (nSPS) is 16.6. The molecule has 0 N–H and O–H groups in total. The van der Waals surface area contributed by atoms with Gasteiger partial charge in [0.2, 0.25) is 5.91 Å². The van der Waals surface area contributed by atoms with Crippen LogP contribution in [0.5, 0.6) is 0 Å². The lowest BCUT2D eigenvalue weighted by atomic mass is 9.97. The predicted molar refractivity (Wildman–Crippen MR) is 50.9 cm³/mol. The molecule has 13 heavy (non-hydrogen) atoms. The number of amides is 1. The van der Waals surface area contributed by atoms with E-state index in [0.29, 0.717) is 6.42 Å². The standard InChI is InChI=1S/C10H17NO2/c1-11(13-2)10(12)8-9-6-4-3-5-7-9/h6H,3-5,7-8H2,1-2H3. The first-order valence-electron chi connectivity index (χ1n) is 4.72. The van der Waals surface area contributed by atoms with Crippen LogP contribution in [0.2, 0.25) is 0 Å². The van der Waals surface area contributed by atoms with Crippen LogP contribution in [-0.4, -0.2) is 25.1 Å². The van der Waals surface area contributed by atoms with E-state index in [1.54, 1.807) is 7.05 Å². The molecule has 0 aromatic heterocycles. The summed E-state index contributed by atoms with van der Waals surface area (Å²) in [5.74, 6) is 0.0376. The van der Waals surface area contributed by atoms with Crippen LogP contribution in [0, 0.1) is 0 Å². The van der Waals surface area contributed by atoms with Crippen LogP contribution in [0.1, 0.15) is 32.1 Å². The van der Waals surface area contributed by atoms with E-state index in [1.165, 1.54) is 30.6 Å². The number of carbonyl (C=O) groups excluding carboxylic acids is 1. The van der Waals surface area contributed by atoms with E-state index in [4.69, 9.17) is 4.84 Å². The predicted octanol–water partition coefficient (Wildman–Crippen LogP) is 1.90. The number of allylic oxidation sites excluding steroid dienone is 1. The zero-order valence-electron chi connectivity index (χ0n) is 8.38. The average Bonchev–Trinajstić information content (AvgIpc) is 2.18. The van der Waals surface area contributed by atoms with Gasteiger partial charge in [-0.1, -0.05) is 11.6 Å². The van der Waals surface area contributed by atoms with Crippen molar-refractivity contribution in [3.05, 3.63) is 11.6 Å². The number of hydrogen-bond acceptors (Lipinski definition) is 2. The Morgan fingerprint density at radius 2 is 2.38 bits per heavy atom. The van der Waals surface area contributed by atoms with Crippen LogP contribution in [0.15, 0.2) is 11.6 Å². The van der Waals surface area contributed by atoms with E-state index >= 15 is 0 Å². The topological polar surface area (TPSA) is 29.5 Å². The molecular weight excluding hydrogens is 166 g/mol. The summed E-state index contributed by atoms with van der Waals surface area (Å²) < 4.78 is 0. The summed E-state index contributed by atoms with van der Waals surface area (Å²) in [6, 6.07) is 0. The van der Waals surface area contributed by atoms with Crippen molar-refractivity contribution in [2.24, 2.45) is 0 Å². The highest BCUT2D eigenvalue weighted by Gasteiger charge is 2.12. The third-order valence-corrected chi connectivity index (χ3v) is 2.39. The fraction of sp³-hybridized carbons (Fsp3) is 0.700. The smallest absolute Gasteiger partial charge is 0.249 e. The van der Waals surface area contributed by atoms with E-state index in [0.717, 1.165) is 12.8 Å². The number of rotatable bonds is 3. The molecule has 3 heteroatoms. The monoisotopic (exact) mass is 183 g/mol. The molecule has 1 aliphatic rings. The first-order chi connectivity index (χ1) is 6.24. The zero-order chi connectivity index (χ0) is 9.68. The minimum atomic E-state index is 0.0376. The lowest BCUT2D eigenvalue weighted by Crippen LogP contribution is -2.25. The molecule has 0 radical (unpaired) electrons. The molecular formula is C10H17NO2. The van der Waals surface area contributed by atoms with Gasteiger partial charge in [-0.05, 0) is 25.7 Å². The SMILES string of the molecule is CON(C)C(=O)CC1=CCCCC1. The maximum absolute atomic E-state index is 11.4. The molecule has 1 rings (SSSR count). The minimum absolute atomic E-state index is 0.0376. The van der Waals surface area contributed by atoms with Crippen LogP contribution in [0.3, 0.4) is 0 Å². The second kappa shape index (κ2) is 5.02. The van der Waals surface area contributed by atoms with Crippen molar-refractivity contribution >= 4 is 5.91 Å². The molecule has 0 saturated heterocycles. The van der Waals surface area contributed by atoms with Gasteiger partial charge in [0, 0.05) is 13.5 Å². The maximum atomic E-state index is 11.4. The molecule has 74 valence electrons. The van der Waals surface area contributed by atoms with Gasteiger partial charge in [-0.25, -0.2) is 5.06 Å². The Morgan fingerprint density at radius 3 is 2.92 bits per heavy atom. The first-order valence-corrected chi connectivity index (χ1v) is 4.72. The van der Waals surface area contributed by atoms with Crippen molar-refractivity contribution in [1.29, 1.82) is 0 Å². The second-order valence-electron chi connectivity index (χ2n) is 3.36. The second-order valence-corrected chi connectivity index (χ2v) is 3.36. The molecule has 0 aromatic rings. The van der Waals surface area contributed by atoms with Crippen molar-refractivity contribution in [3.8, 4) is 0 Å². The molecule has 0 bridgehead atoms. The summed E-state index contributed by atoms with van der Waals surface area (Å²) in [6.45, 7) is 0. The van der Waals surface area contributed by atoms with Gasteiger partial charge in [-0.15, -0.1) is 0 Å². The van der Waals surface area contributed by atoms with Crippen molar-refractivity contribution in [2.45, 2.75) is 32.1 Å². The summed E-state index contributed by atoms with van der Waals surface area (Å²) in [5.41, 5.74) is 1.26. The number of nitrogens with zero attached hydrogens (tertiary/aromatic N) is 1. The van der Waals surface area contributed by atoms with Crippen LogP contribution < -0.4 is 0 Å². The molecule has 0 atom stereocenters. The van der Waals surface area contributed by atoms with Crippen LogP contribution in [-0.2, 0) is 9.63 Å². The molecule has 0 aromatic carbocycles. The fourth-order valence-corrected chi connectivity index (χ4v) is 1.47. The third-order valence-electron chi connectivity index (χ3n) is 2.39. The highest BCUT2D eigenvalue weighted by molar-refractivity contribution is 5.77. The molecule has 0 fully saturated rings. The number of carbonyl (C=O) groups is 1. The van der Waals surface area contributed by atoms with Gasteiger partial charge in [0.05, 0.1) is 7.11 Å². The van der Waals surface area contributed by atoms with Gasteiger partial charge in [0.25, 0.3) is 0 Å². The molecule has 1 amide bonds. The summed E-state index contributed by atoms with van der Waals surface area (Å²) in [5, 5.41) is 1.29.